The lowest BCUT2D eigenvalue weighted by atomic mass is 10.1. The van der Waals surface area contributed by atoms with Crippen molar-refractivity contribution in [2.75, 3.05) is 5.32 Å². The van der Waals surface area contributed by atoms with Crippen LogP contribution in [0.2, 0.25) is 0 Å². The fourth-order valence-electron chi connectivity index (χ4n) is 3.59. The van der Waals surface area contributed by atoms with Crippen molar-refractivity contribution < 1.29 is 23.1 Å². The standard InChI is InChI=1S/C25H21F3N4O2/c1-3-16-6-4-7-17(13-16)21-14-22(30-20-10-9-15(2)12-18(20)24(33)34)32(31-21)23-19(25(26,27)28)8-5-11-29-23/h4-14,30H,3H2,1-2H3,(H,33,34). The maximum absolute atomic E-state index is 13.8. The minimum atomic E-state index is -4.66. The molecular weight excluding hydrogens is 445 g/mol. The molecule has 0 fully saturated rings. The molecule has 0 bridgehead atoms. The van der Waals surface area contributed by atoms with E-state index in [1.807, 2.05) is 31.2 Å². The summed E-state index contributed by atoms with van der Waals surface area (Å²) in [5.41, 5.74) is 2.16. The minimum Gasteiger partial charge on any atom is -0.478 e. The minimum absolute atomic E-state index is 0.0145. The third kappa shape index (κ3) is 4.63. The predicted molar refractivity (Wildman–Crippen MR) is 123 cm³/mol. The molecule has 0 aliphatic rings. The Morgan fingerprint density at radius 3 is 2.59 bits per heavy atom. The maximum atomic E-state index is 13.8. The Hall–Kier alpha value is -4.14. The molecule has 4 rings (SSSR count). The molecule has 2 heterocycles. The molecule has 4 aromatic rings. The molecular formula is C25H21F3N4O2. The second kappa shape index (κ2) is 9.01. The molecule has 0 radical (unpaired) electrons. The number of carboxylic acid groups (broad SMARTS) is 1. The average molecular weight is 466 g/mol. The monoisotopic (exact) mass is 466 g/mol. The first-order valence-electron chi connectivity index (χ1n) is 10.5. The molecule has 2 aromatic carbocycles. The van der Waals surface area contributed by atoms with Crippen LogP contribution in [0.25, 0.3) is 17.1 Å². The SMILES string of the molecule is CCc1cccc(-c2cc(Nc3ccc(C)cc3C(=O)O)n(-c3ncccc3C(F)(F)F)n2)c1. The zero-order valence-electron chi connectivity index (χ0n) is 18.4. The van der Waals surface area contributed by atoms with Gasteiger partial charge in [0.25, 0.3) is 0 Å². The summed E-state index contributed by atoms with van der Waals surface area (Å²) in [6.07, 6.45) is -2.63. The summed E-state index contributed by atoms with van der Waals surface area (Å²) in [6.45, 7) is 3.75. The van der Waals surface area contributed by atoms with Crippen molar-refractivity contribution in [1.29, 1.82) is 0 Å². The van der Waals surface area contributed by atoms with Crippen LogP contribution in [0.15, 0.2) is 66.9 Å². The number of aryl methyl sites for hydroxylation is 2. The highest BCUT2D eigenvalue weighted by Crippen LogP contribution is 2.35. The first kappa shape index (κ1) is 23.0. The van der Waals surface area contributed by atoms with Crippen LogP contribution in [0.5, 0.6) is 0 Å². The van der Waals surface area contributed by atoms with Gasteiger partial charge in [-0.1, -0.05) is 36.8 Å². The van der Waals surface area contributed by atoms with Gasteiger partial charge in [0.05, 0.1) is 16.9 Å². The van der Waals surface area contributed by atoms with E-state index in [9.17, 15) is 23.1 Å². The fourth-order valence-corrected chi connectivity index (χ4v) is 3.59. The number of halogens is 3. The number of aromatic nitrogens is 3. The van der Waals surface area contributed by atoms with Gasteiger partial charge in [0.15, 0.2) is 5.82 Å². The quantitative estimate of drug-likeness (QED) is 0.350. The highest BCUT2D eigenvalue weighted by atomic mass is 19.4. The van der Waals surface area contributed by atoms with Crippen LogP contribution >= 0.6 is 0 Å². The van der Waals surface area contributed by atoms with Crippen LogP contribution in [0.3, 0.4) is 0 Å². The largest absolute Gasteiger partial charge is 0.478 e. The summed E-state index contributed by atoms with van der Waals surface area (Å²) < 4.78 is 42.3. The van der Waals surface area contributed by atoms with Crippen molar-refractivity contribution in [3.63, 3.8) is 0 Å². The fraction of sp³-hybridized carbons (Fsp3) is 0.160. The molecule has 0 unspecified atom stereocenters. The second-order valence-electron chi connectivity index (χ2n) is 7.73. The molecule has 34 heavy (non-hydrogen) atoms. The second-order valence-corrected chi connectivity index (χ2v) is 7.73. The summed E-state index contributed by atoms with van der Waals surface area (Å²) in [5.74, 6) is -1.44. The first-order chi connectivity index (χ1) is 16.2. The summed E-state index contributed by atoms with van der Waals surface area (Å²) in [7, 11) is 0. The van der Waals surface area contributed by atoms with Gasteiger partial charge in [-0.2, -0.15) is 23.0 Å². The van der Waals surface area contributed by atoms with E-state index in [2.05, 4.69) is 15.4 Å². The molecule has 0 atom stereocenters. The van der Waals surface area contributed by atoms with E-state index in [-0.39, 0.29) is 17.1 Å². The zero-order valence-corrected chi connectivity index (χ0v) is 18.4. The number of aromatic carboxylic acids is 1. The Labute approximate surface area is 193 Å². The Bertz CT molecular complexity index is 1360. The number of benzene rings is 2. The number of nitrogens with zero attached hydrogens (tertiary/aromatic N) is 3. The number of alkyl halides is 3. The van der Waals surface area contributed by atoms with Crippen LogP contribution in [-0.2, 0) is 12.6 Å². The Morgan fingerprint density at radius 2 is 1.88 bits per heavy atom. The van der Waals surface area contributed by atoms with Gasteiger partial charge in [-0.15, -0.1) is 0 Å². The van der Waals surface area contributed by atoms with Gasteiger partial charge in [-0.05, 0) is 49.2 Å². The molecule has 0 aliphatic carbocycles. The van der Waals surface area contributed by atoms with Gasteiger partial charge < -0.3 is 10.4 Å². The third-order valence-corrected chi connectivity index (χ3v) is 5.30. The zero-order chi connectivity index (χ0) is 24.5. The molecule has 0 spiro atoms. The Balaban J connectivity index is 1.91. The van der Waals surface area contributed by atoms with E-state index < -0.39 is 23.5 Å². The lowest BCUT2D eigenvalue weighted by molar-refractivity contribution is -0.137. The smallest absolute Gasteiger partial charge is 0.420 e. The van der Waals surface area contributed by atoms with Gasteiger partial charge >= 0.3 is 12.1 Å². The third-order valence-electron chi connectivity index (χ3n) is 5.30. The molecule has 6 nitrogen and oxygen atoms in total. The highest BCUT2D eigenvalue weighted by Gasteiger charge is 2.35. The Morgan fingerprint density at radius 1 is 1.09 bits per heavy atom. The summed E-state index contributed by atoms with van der Waals surface area (Å²) >= 11 is 0. The highest BCUT2D eigenvalue weighted by molar-refractivity contribution is 5.95. The van der Waals surface area contributed by atoms with E-state index in [1.54, 1.807) is 25.1 Å². The van der Waals surface area contributed by atoms with E-state index in [1.165, 1.54) is 18.3 Å². The number of anilines is 2. The lowest BCUT2D eigenvalue weighted by Gasteiger charge is -2.15. The molecule has 2 aromatic heterocycles. The van der Waals surface area contributed by atoms with E-state index >= 15 is 0 Å². The Kier molecular flexibility index (Phi) is 6.10. The van der Waals surface area contributed by atoms with Crippen LogP contribution in [0.4, 0.5) is 24.7 Å². The van der Waals surface area contributed by atoms with Crippen molar-refractivity contribution in [3.05, 3.63) is 89.1 Å². The number of hydrogen-bond donors (Lipinski definition) is 2. The van der Waals surface area contributed by atoms with Crippen LogP contribution < -0.4 is 5.32 Å². The molecule has 9 heteroatoms. The summed E-state index contributed by atoms with van der Waals surface area (Å²) in [4.78, 5) is 15.7. The number of hydrogen-bond acceptors (Lipinski definition) is 4. The molecule has 174 valence electrons. The number of pyridine rings is 1. The van der Waals surface area contributed by atoms with E-state index in [4.69, 9.17) is 0 Å². The molecule has 0 amide bonds. The number of carbonyl (C=O) groups is 1. The normalized spacial score (nSPS) is 11.4. The van der Waals surface area contributed by atoms with E-state index in [0.29, 0.717) is 11.3 Å². The molecule has 0 saturated heterocycles. The van der Waals surface area contributed by atoms with Crippen molar-refractivity contribution in [2.24, 2.45) is 0 Å². The number of nitrogens with one attached hydrogen (secondary N) is 1. The van der Waals surface area contributed by atoms with Crippen LogP contribution in [0.1, 0.15) is 34.0 Å². The number of rotatable bonds is 6. The van der Waals surface area contributed by atoms with Gasteiger partial charge in [-0.3, -0.25) is 0 Å². The topological polar surface area (TPSA) is 80.0 Å². The van der Waals surface area contributed by atoms with E-state index in [0.717, 1.165) is 28.3 Å². The summed E-state index contributed by atoms with van der Waals surface area (Å²) in [6, 6.07) is 16.0. The predicted octanol–water partition coefficient (Wildman–Crippen LogP) is 6.27. The lowest BCUT2D eigenvalue weighted by Crippen LogP contribution is -2.15. The first-order valence-corrected chi connectivity index (χ1v) is 10.5. The van der Waals surface area contributed by atoms with Crippen molar-refractivity contribution >= 4 is 17.5 Å². The molecule has 2 N–H and O–H groups in total. The van der Waals surface area contributed by atoms with Gasteiger partial charge in [0.2, 0.25) is 0 Å². The molecule has 0 aliphatic heterocycles. The van der Waals surface area contributed by atoms with Crippen LogP contribution in [-0.4, -0.2) is 25.8 Å². The average Bonchev–Trinajstić information content (AvgIpc) is 3.23. The van der Waals surface area contributed by atoms with Crippen molar-refractivity contribution in [2.45, 2.75) is 26.4 Å². The van der Waals surface area contributed by atoms with Gasteiger partial charge in [0, 0.05) is 17.8 Å². The van der Waals surface area contributed by atoms with Crippen molar-refractivity contribution in [1.82, 2.24) is 14.8 Å². The maximum Gasteiger partial charge on any atom is 0.420 e. The summed E-state index contributed by atoms with van der Waals surface area (Å²) in [5, 5.41) is 17.0. The molecule has 0 saturated carbocycles. The van der Waals surface area contributed by atoms with Crippen molar-refractivity contribution in [3.8, 4) is 17.1 Å². The van der Waals surface area contributed by atoms with Gasteiger partial charge in [0.1, 0.15) is 11.4 Å². The number of carboxylic acids is 1. The van der Waals surface area contributed by atoms with Gasteiger partial charge in [-0.25, -0.2) is 9.78 Å². The van der Waals surface area contributed by atoms with Crippen LogP contribution in [0, 0.1) is 6.92 Å².